The fraction of sp³-hybridized carbons (Fsp3) is 0.333. The largest absolute Gasteiger partial charge is 0.386 e. The van der Waals surface area contributed by atoms with E-state index in [1.807, 2.05) is 24.4 Å². The highest BCUT2D eigenvalue weighted by Gasteiger charge is 2.19. The maximum atomic E-state index is 12.8. The molecule has 0 amide bonds. The van der Waals surface area contributed by atoms with Crippen LogP contribution >= 0.6 is 11.3 Å². The van der Waals surface area contributed by atoms with Gasteiger partial charge in [0, 0.05) is 17.5 Å². The Morgan fingerprint density at radius 1 is 1.26 bits per heavy atom. The van der Waals surface area contributed by atoms with Crippen LogP contribution in [0.3, 0.4) is 0 Å². The zero-order valence-corrected chi connectivity index (χ0v) is 11.7. The summed E-state index contributed by atoms with van der Waals surface area (Å²) in [5, 5.41) is 15.6. The van der Waals surface area contributed by atoms with Crippen molar-refractivity contribution in [3.8, 4) is 0 Å². The molecule has 0 aliphatic rings. The van der Waals surface area contributed by atoms with Gasteiger partial charge in [0.15, 0.2) is 0 Å². The summed E-state index contributed by atoms with van der Waals surface area (Å²) in [6, 6.07) is 10.3. The predicted octanol–water partition coefficient (Wildman–Crippen LogP) is 3.49. The number of thiophene rings is 1. The van der Waals surface area contributed by atoms with E-state index >= 15 is 0 Å². The summed E-state index contributed by atoms with van der Waals surface area (Å²) in [6.07, 6.45) is 0.339. The van der Waals surface area contributed by atoms with Crippen LogP contribution in [0.25, 0.3) is 0 Å². The number of rotatable bonds is 6. The molecule has 19 heavy (non-hydrogen) atoms. The molecule has 2 rings (SSSR count). The van der Waals surface area contributed by atoms with E-state index in [9.17, 15) is 9.50 Å². The Balaban J connectivity index is 1.94. The maximum absolute atomic E-state index is 12.8. The zero-order valence-electron chi connectivity index (χ0n) is 10.8. The molecule has 102 valence electrons. The molecule has 1 aromatic carbocycles. The fourth-order valence-corrected chi connectivity index (χ4v) is 2.76. The van der Waals surface area contributed by atoms with E-state index in [-0.39, 0.29) is 11.9 Å². The summed E-state index contributed by atoms with van der Waals surface area (Å²) in [5.41, 5.74) is 1.01. The van der Waals surface area contributed by atoms with Gasteiger partial charge in [0.2, 0.25) is 0 Å². The first-order valence-corrected chi connectivity index (χ1v) is 7.28. The summed E-state index contributed by atoms with van der Waals surface area (Å²) in [5.74, 6) is -0.227. The van der Waals surface area contributed by atoms with Gasteiger partial charge in [-0.05, 0) is 35.6 Å². The lowest BCUT2D eigenvalue weighted by Gasteiger charge is -2.22. The molecule has 0 aliphatic carbocycles. The molecule has 0 saturated carbocycles. The third-order valence-corrected chi connectivity index (χ3v) is 4.08. The van der Waals surface area contributed by atoms with Gasteiger partial charge in [-0.25, -0.2) is 4.39 Å². The van der Waals surface area contributed by atoms with Gasteiger partial charge < -0.3 is 10.4 Å². The second-order valence-electron chi connectivity index (χ2n) is 4.48. The molecular formula is C15H18FNOS. The third-order valence-electron chi connectivity index (χ3n) is 3.14. The van der Waals surface area contributed by atoms with Crippen molar-refractivity contribution < 1.29 is 9.50 Å². The highest BCUT2D eigenvalue weighted by molar-refractivity contribution is 7.10. The number of hydrogen-bond donors (Lipinski definition) is 2. The Bertz CT molecular complexity index is 483. The average molecular weight is 279 g/mol. The van der Waals surface area contributed by atoms with Gasteiger partial charge in [0.25, 0.3) is 0 Å². The molecule has 0 fully saturated rings. The van der Waals surface area contributed by atoms with E-state index in [0.29, 0.717) is 6.54 Å². The Morgan fingerprint density at radius 2 is 2.00 bits per heavy atom. The molecular weight excluding hydrogens is 261 g/mol. The Hall–Kier alpha value is -1.23. The van der Waals surface area contributed by atoms with Gasteiger partial charge >= 0.3 is 0 Å². The molecule has 0 bridgehead atoms. The smallest absolute Gasteiger partial charge is 0.123 e. The molecule has 2 unspecified atom stereocenters. The minimum atomic E-state index is -0.495. The number of aliphatic hydroxyl groups excluding tert-OH is 1. The molecule has 0 radical (unpaired) electrons. The predicted molar refractivity (Wildman–Crippen MR) is 76.6 cm³/mol. The van der Waals surface area contributed by atoms with Gasteiger partial charge in [-0.15, -0.1) is 11.3 Å². The number of hydrogen-bond acceptors (Lipinski definition) is 3. The van der Waals surface area contributed by atoms with E-state index in [1.165, 1.54) is 12.1 Å². The summed E-state index contributed by atoms with van der Waals surface area (Å²) in [4.78, 5) is 0.971. The van der Waals surface area contributed by atoms with Crippen LogP contribution in [0.5, 0.6) is 0 Å². The maximum Gasteiger partial charge on any atom is 0.123 e. The Morgan fingerprint density at radius 3 is 2.58 bits per heavy atom. The average Bonchev–Trinajstić information content (AvgIpc) is 2.95. The van der Waals surface area contributed by atoms with E-state index < -0.39 is 6.10 Å². The summed E-state index contributed by atoms with van der Waals surface area (Å²) < 4.78 is 12.8. The lowest BCUT2D eigenvalue weighted by Crippen LogP contribution is -2.33. The van der Waals surface area contributed by atoms with Crippen LogP contribution in [-0.2, 0) is 6.54 Å². The van der Waals surface area contributed by atoms with Crippen LogP contribution in [-0.4, -0.2) is 11.1 Å². The molecule has 0 spiro atoms. The van der Waals surface area contributed by atoms with E-state index in [0.717, 1.165) is 16.9 Å². The van der Waals surface area contributed by atoms with E-state index in [1.54, 1.807) is 23.5 Å². The second kappa shape index (κ2) is 6.80. The van der Waals surface area contributed by atoms with Crippen LogP contribution < -0.4 is 5.32 Å². The van der Waals surface area contributed by atoms with Gasteiger partial charge in [-0.1, -0.05) is 25.1 Å². The van der Waals surface area contributed by atoms with E-state index in [2.05, 4.69) is 5.32 Å². The quantitative estimate of drug-likeness (QED) is 0.848. The molecule has 0 aliphatic heterocycles. The van der Waals surface area contributed by atoms with Crippen molar-refractivity contribution in [2.75, 3.05) is 0 Å². The number of benzene rings is 1. The summed E-state index contributed by atoms with van der Waals surface area (Å²) in [7, 11) is 0. The number of aliphatic hydroxyl groups is 1. The van der Waals surface area contributed by atoms with Crippen molar-refractivity contribution in [2.24, 2.45) is 0 Å². The fourth-order valence-electron chi connectivity index (χ4n) is 1.99. The van der Waals surface area contributed by atoms with Gasteiger partial charge in [-0.3, -0.25) is 0 Å². The van der Waals surface area contributed by atoms with Crippen molar-refractivity contribution in [1.29, 1.82) is 0 Å². The lowest BCUT2D eigenvalue weighted by atomic mass is 10.1. The molecule has 1 aromatic heterocycles. The number of nitrogens with one attached hydrogen (secondary N) is 1. The normalized spacial score (nSPS) is 14.3. The second-order valence-corrected chi connectivity index (χ2v) is 5.46. The molecule has 0 saturated heterocycles. The molecule has 2 N–H and O–H groups in total. The Labute approximate surface area is 116 Å². The van der Waals surface area contributed by atoms with Gasteiger partial charge in [0.1, 0.15) is 11.9 Å². The summed E-state index contributed by atoms with van der Waals surface area (Å²) >= 11 is 1.56. The minimum Gasteiger partial charge on any atom is -0.386 e. The number of halogens is 1. The molecule has 2 atom stereocenters. The van der Waals surface area contributed by atoms with Crippen molar-refractivity contribution in [3.63, 3.8) is 0 Å². The first-order chi connectivity index (χ1) is 9.20. The Kier molecular flexibility index (Phi) is 5.07. The van der Waals surface area contributed by atoms with Crippen molar-refractivity contribution in [1.82, 2.24) is 5.32 Å². The van der Waals surface area contributed by atoms with Gasteiger partial charge in [-0.2, -0.15) is 0 Å². The first kappa shape index (κ1) is 14.2. The van der Waals surface area contributed by atoms with Crippen LogP contribution in [0.1, 0.15) is 29.9 Å². The van der Waals surface area contributed by atoms with Crippen molar-refractivity contribution >= 4 is 11.3 Å². The minimum absolute atomic E-state index is 0.00343. The zero-order chi connectivity index (χ0) is 13.7. The summed E-state index contributed by atoms with van der Waals surface area (Å²) in [6.45, 7) is 2.67. The molecule has 4 heteroatoms. The topological polar surface area (TPSA) is 32.3 Å². The molecule has 1 heterocycles. The van der Waals surface area contributed by atoms with Crippen molar-refractivity contribution in [3.05, 3.63) is 58.0 Å². The highest BCUT2D eigenvalue weighted by atomic mass is 32.1. The van der Waals surface area contributed by atoms with Crippen LogP contribution in [0.4, 0.5) is 4.39 Å². The highest BCUT2D eigenvalue weighted by Crippen LogP contribution is 2.23. The van der Waals surface area contributed by atoms with Crippen LogP contribution in [0, 0.1) is 5.82 Å². The lowest BCUT2D eigenvalue weighted by molar-refractivity contribution is 0.128. The van der Waals surface area contributed by atoms with E-state index in [4.69, 9.17) is 0 Å². The third kappa shape index (κ3) is 3.86. The SMILES string of the molecule is CCC(NCc1ccc(F)cc1)C(O)c1cccs1. The van der Waals surface area contributed by atoms with Crippen LogP contribution in [0.15, 0.2) is 41.8 Å². The van der Waals surface area contributed by atoms with Crippen molar-refractivity contribution in [2.45, 2.75) is 32.0 Å². The van der Waals surface area contributed by atoms with Gasteiger partial charge in [0.05, 0.1) is 0 Å². The standard InChI is InChI=1S/C15H18FNOS/c1-2-13(15(18)14-4-3-9-19-14)17-10-11-5-7-12(16)8-6-11/h3-9,13,15,17-18H,2,10H2,1H3. The van der Waals surface area contributed by atoms with Crippen LogP contribution in [0.2, 0.25) is 0 Å². The molecule has 2 aromatic rings. The first-order valence-electron chi connectivity index (χ1n) is 6.40. The molecule has 2 nitrogen and oxygen atoms in total. The monoisotopic (exact) mass is 279 g/mol.